The molecular formula is C26H28ClN3OS. The zero-order valence-electron chi connectivity index (χ0n) is 18.3. The van der Waals surface area contributed by atoms with Crippen molar-refractivity contribution in [2.45, 2.75) is 16.2 Å². The standard InChI is InChI=1S/C26H28ClN3OS/c1-31-22-10-8-21(9-11-22)29-17-15-28(16-18-29)13-4-14-30-23-5-2-3-6-25(23)32-26-12-7-20(27)19-24(26)30/h2-3,5-12,19H,4,13-18H2,1H3. The van der Waals surface area contributed by atoms with E-state index in [4.69, 9.17) is 16.3 Å². The average molecular weight is 466 g/mol. The van der Waals surface area contributed by atoms with Crippen molar-refractivity contribution in [3.05, 3.63) is 71.8 Å². The van der Waals surface area contributed by atoms with E-state index >= 15 is 0 Å². The van der Waals surface area contributed by atoms with Crippen LogP contribution in [0.4, 0.5) is 17.1 Å². The molecule has 2 aliphatic heterocycles. The van der Waals surface area contributed by atoms with Crippen molar-refractivity contribution in [1.82, 2.24) is 4.90 Å². The van der Waals surface area contributed by atoms with Crippen LogP contribution >= 0.6 is 23.4 Å². The van der Waals surface area contributed by atoms with Crippen LogP contribution in [0.5, 0.6) is 5.75 Å². The molecule has 0 atom stereocenters. The molecule has 0 N–H and O–H groups in total. The number of benzene rings is 3. The highest BCUT2D eigenvalue weighted by Gasteiger charge is 2.24. The number of ether oxygens (including phenoxy) is 1. The van der Waals surface area contributed by atoms with Gasteiger partial charge >= 0.3 is 0 Å². The van der Waals surface area contributed by atoms with Crippen LogP contribution in [0.25, 0.3) is 0 Å². The van der Waals surface area contributed by atoms with Gasteiger partial charge < -0.3 is 14.5 Å². The third-order valence-electron chi connectivity index (χ3n) is 6.25. The fraction of sp³-hybridized carbons (Fsp3) is 0.308. The van der Waals surface area contributed by atoms with Crippen LogP contribution in [0.1, 0.15) is 6.42 Å². The van der Waals surface area contributed by atoms with Gasteiger partial charge in [0.15, 0.2) is 0 Å². The van der Waals surface area contributed by atoms with Crippen LogP contribution < -0.4 is 14.5 Å². The molecule has 0 amide bonds. The van der Waals surface area contributed by atoms with Crippen molar-refractivity contribution in [3.63, 3.8) is 0 Å². The highest BCUT2D eigenvalue weighted by atomic mass is 35.5. The van der Waals surface area contributed by atoms with Gasteiger partial charge in [-0.25, -0.2) is 0 Å². The van der Waals surface area contributed by atoms with E-state index in [1.165, 1.54) is 26.9 Å². The summed E-state index contributed by atoms with van der Waals surface area (Å²) >= 11 is 8.18. The molecule has 5 rings (SSSR count). The highest BCUT2D eigenvalue weighted by Crippen LogP contribution is 2.48. The summed E-state index contributed by atoms with van der Waals surface area (Å²) < 4.78 is 5.28. The van der Waals surface area contributed by atoms with Crippen LogP contribution in [0.2, 0.25) is 5.02 Å². The van der Waals surface area contributed by atoms with E-state index in [0.29, 0.717) is 0 Å². The second kappa shape index (κ2) is 9.65. The maximum absolute atomic E-state index is 6.35. The summed E-state index contributed by atoms with van der Waals surface area (Å²) in [5.41, 5.74) is 3.79. The van der Waals surface area contributed by atoms with Gasteiger partial charge in [0.05, 0.1) is 18.5 Å². The topological polar surface area (TPSA) is 19.0 Å². The summed E-state index contributed by atoms with van der Waals surface area (Å²) in [6, 6.07) is 23.3. The quantitative estimate of drug-likeness (QED) is 0.432. The average Bonchev–Trinajstić information content (AvgIpc) is 2.84. The van der Waals surface area contributed by atoms with E-state index in [0.717, 1.165) is 56.5 Å². The van der Waals surface area contributed by atoms with Crippen LogP contribution in [0.15, 0.2) is 76.5 Å². The third-order valence-corrected chi connectivity index (χ3v) is 7.62. The SMILES string of the molecule is COc1ccc(N2CCN(CCCN3c4ccccc4Sc4ccc(Cl)cc43)CC2)cc1. The Hall–Kier alpha value is -2.34. The van der Waals surface area contributed by atoms with Crippen molar-refractivity contribution >= 4 is 40.4 Å². The number of hydrogen-bond acceptors (Lipinski definition) is 5. The fourth-order valence-electron chi connectivity index (χ4n) is 4.52. The maximum Gasteiger partial charge on any atom is 0.119 e. The molecule has 0 spiro atoms. The lowest BCUT2D eigenvalue weighted by atomic mass is 10.2. The fourth-order valence-corrected chi connectivity index (χ4v) is 5.76. The number of piperazine rings is 1. The van der Waals surface area contributed by atoms with Gasteiger partial charge in [0, 0.05) is 53.2 Å². The van der Waals surface area contributed by atoms with E-state index in [2.05, 4.69) is 63.2 Å². The summed E-state index contributed by atoms with van der Waals surface area (Å²) in [6.07, 6.45) is 1.12. The van der Waals surface area contributed by atoms with E-state index < -0.39 is 0 Å². The van der Waals surface area contributed by atoms with Crippen LogP contribution in [0, 0.1) is 0 Å². The molecule has 166 valence electrons. The lowest BCUT2D eigenvalue weighted by Gasteiger charge is -2.37. The molecule has 3 aromatic carbocycles. The lowest BCUT2D eigenvalue weighted by Crippen LogP contribution is -2.47. The summed E-state index contributed by atoms with van der Waals surface area (Å²) in [6.45, 7) is 6.42. The van der Waals surface area contributed by atoms with E-state index in [1.54, 1.807) is 7.11 Å². The summed E-state index contributed by atoms with van der Waals surface area (Å²) in [5, 5.41) is 0.795. The molecule has 6 heteroatoms. The van der Waals surface area contributed by atoms with E-state index in [1.807, 2.05) is 30.0 Å². The Balaban J connectivity index is 1.19. The number of nitrogens with zero attached hydrogens (tertiary/aromatic N) is 3. The zero-order valence-corrected chi connectivity index (χ0v) is 19.9. The number of para-hydroxylation sites is 1. The largest absolute Gasteiger partial charge is 0.497 e. The van der Waals surface area contributed by atoms with Crippen molar-refractivity contribution < 1.29 is 4.74 Å². The molecule has 2 aliphatic rings. The van der Waals surface area contributed by atoms with Gasteiger partial charge in [-0.2, -0.15) is 0 Å². The minimum atomic E-state index is 0.795. The number of halogens is 1. The number of hydrogen-bond donors (Lipinski definition) is 0. The highest BCUT2D eigenvalue weighted by molar-refractivity contribution is 7.99. The Morgan fingerprint density at radius 1 is 0.844 bits per heavy atom. The molecule has 0 radical (unpaired) electrons. The predicted octanol–water partition coefficient (Wildman–Crippen LogP) is 6.16. The first-order valence-corrected chi connectivity index (χ1v) is 12.4. The Morgan fingerprint density at radius 2 is 1.59 bits per heavy atom. The Kier molecular flexibility index (Phi) is 6.49. The second-order valence-corrected chi connectivity index (χ2v) is 9.73. The van der Waals surface area contributed by atoms with Crippen molar-refractivity contribution in [2.75, 3.05) is 56.2 Å². The molecule has 0 bridgehead atoms. The molecule has 1 fully saturated rings. The van der Waals surface area contributed by atoms with Gasteiger partial charge in [0.2, 0.25) is 0 Å². The molecule has 0 saturated carbocycles. The summed E-state index contributed by atoms with van der Waals surface area (Å²) in [4.78, 5) is 10.1. The Labute approximate surface area is 199 Å². The van der Waals surface area contributed by atoms with Gasteiger partial charge in [-0.05, 0) is 67.6 Å². The molecule has 0 unspecified atom stereocenters. The van der Waals surface area contributed by atoms with Crippen molar-refractivity contribution in [3.8, 4) is 5.75 Å². The van der Waals surface area contributed by atoms with Crippen LogP contribution in [0.3, 0.4) is 0 Å². The summed E-state index contributed by atoms with van der Waals surface area (Å²) in [7, 11) is 1.71. The minimum absolute atomic E-state index is 0.795. The first kappa shape index (κ1) is 21.5. The molecular weight excluding hydrogens is 438 g/mol. The zero-order chi connectivity index (χ0) is 21.9. The first-order valence-electron chi connectivity index (χ1n) is 11.2. The molecule has 0 aromatic heterocycles. The second-order valence-electron chi connectivity index (χ2n) is 8.21. The van der Waals surface area contributed by atoms with Crippen molar-refractivity contribution in [2.24, 2.45) is 0 Å². The van der Waals surface area contributed by atoms with Gasteiger partial charge in [-0.15, -0.1) is 0 Å². The molecule has 1 saturated heterocycles. The number of anilines is 3. The van der Waals surface area contributed by atoms with Crippen LogP contribution in [-0.2, 0) is 0 Å². The van der Waals surface area contributed by atoms with E-state index in [-0.39, 0.29) is 0 Å². The van der Waals surface area contributed by atoms with Crippen molar-refractivity contribution in [1.29, 1.82) is 0 Å². The first-order chi connectivity index (χ1) is 15.7. The van der Waals surface area contributed by atoms with Gasteiger partial charge in [0.1, 0.15) is 5.75 Å². The Bertz CT molecular complexity index is 1070. The summed E-state index contributed by atoms with van der Waals surface area (Å²) in [5.74, 6) is 0.910. The molecule has 3 aromatic rings. The van der Waals surface area contributed by atoms with Gasteiger partial charge in [-0.3, -0.25) is 4.90 Å². The molecule has 32 heavy (non-hydrogen) atoms. The maximum atomic E-state index is 6.35. The lowest BCUT2D eigenvalue weighted by molar-refractivity contribution is 0.256. The molecule has 0 aliphatic carbocycles. The molecule has 4 nitrogen and oxygen atoms in total. The Morgan fingerprint density at radius 3 is 2.38 bits per heavy atom. The van der Waals surface area contributed by atoms with Gasteiger partial charge in [0.25, 0.3) is 0 Å². The van der Waals surface area contributed by atoms with E-state index in [9.17, 15) is 0 Å². The normalized spacial score (nSPS) is 15.9. The van der Waals surface area contributed by atoms with Crippen LogP contribution in [-0.4, -0.2) is 51.3 Å². The van der Waals surface area contributed by atoms with Gasteiger partial charge in [-0.1, -0.05) is 35.5 Å². The number of rotatable bonds is 6. The number of fused-ring (bicyclic) bond motifs is 2. The smallest absolute Gasteiger partial charge is 0.119 e. The minimum Gasteiger partial charge on any atom is -0.497 e. The molecule has 2 heterocycles. The predicted molar refractivity (Wildman–Crippen MR) is 135 cm³/mol. The monoisotopic (exact) mass is 465 g/mol. The third kappa shape index (κ3) is 4.56. The number of methoxy groups -OCH3 is 1.